The molecule has 33 heavy (non-hydrogen) atoms. The Kier molecular flexibility index (Phi) is 7.54. The molecule has 3 unspecified atom stereocenters. The Bertz CT molecular complexity index is 807. The molecule has 1 aromatic carbocycles. The van der Waals surface area contributed by atoms with Gasteiger partial charge in [-0.25, -0.2) is 0 Å². The van der Waals surface area contributed by atoms with E-state index in [-0.39, 0.29) is 30.5 Å². The maximum atomic E-state index is 12.6. The highest BCUT2D eigenvalue weighted by molar-refractivity contribution is 6.47. The monoisotopic (exact) mass is 455 g/mol. The number of unbranched alkanes of at least 4 members (excludes halogenated alkanes) is 1. The number of hydrogen-bond acceptors (Lipinski definition) is 5. The first-order valence-corrected chi connectivity index (χ1v) is 12.9. The Morgan fingerprint density at radius 2 is 1.94 bits per heavy atom. The fraction of sp³-hybridized carbons (Fsp3) is 0.731. The smallest absolute Gasteiger partial charge is 0.405 e. The van der Waals surface area contributed by atoms with Gasteiger partial charge in [0.05, 0.1) is 17.7 Å². The number of aryl methyl sites for hydroxylation is 1. The van der Waals surface area contributed by atoms with Crippen molar-refractivity contribution in [3.63, 3.8) is 0 Å². The van der Waals surface area contributed by atoms with Crippen LogP contribution in [-0.4, -0.2) is 43.9 Å². The van der Waals surface area contributed by atoms with E-state index in [4.69, 9.17) is 20.8 Å². The van der Waals surface area contributed by atoms with Crippen LogP contribution in [0.5, 0.6) is 0 Å². The molecule has 4 aliphatic rings. The van der Waals surface area contributed by atoms with Crippen molar-refractivity contribution < 1.29 is 14.1 Å². The van der Waals surface area contributed by atoms with Crippen LogP contribution in [-0.2, 0) is 20.5 Å². The molecular formula is C26H42BN3O3. The van der Waals surface area contributed by atoms with Gasteiger partial charge in [0.25, 0.3) is 0 Å². The molecule has 1 aliphatic heterocycles. The van der Waals surface area contributed by atoms with E-state index in [9.17, 15) is 4.79 Å². The van der Waals surface area contributed by atoms with Gasteiger partial charge in [0.1, 0.15) is 0 Å². The Balaban J connectivity index is 1.40. The van der Waals surface area contributed by atoms with Gasteiger partial charge in [0, 0.05) is 12.4 Å². The zero-order valence-electron chi connectivity index (χ0n) is 20.6. The molecule has 182 valence electrons. The van der Waals surface area contributed by atoms with Crippen LogP contribution in [0.4, 0.5) is 0 Å². The fourth-order valence-electron chi connectivity index (χ4n) is 6.44. The number of nitrogens with two attached hydrogens (primary N) is 2. The van der Waals surface area contributed by atoms with E-state index in [1.807, 2.05) is 6.07 Å². The number of rotatable bonds is 11. The van der Waals surface area contributed by atoms with Crippen molar-refractivity contribution in [2.75, 3.05) is 13.1 Å². The molecule has 3 saturated carbocycles. The molecule has 1 heterocycles. The first-order valence-electron chi connectivity index (χ1n) is 12.9. The van der Waals surface area contributed by atoms with Crippen LogP contribution in [0.1, 0.15) is 64.9 Å². The minimum atomic E-state index is -0.496. The van der Waals surface area contributed by atoms with Crippen LogP contribution in [0, 0.1) is 17.3 Å². The average molecular weight is 455 g/mol. The minimum absolute atomic E-state index is 0.0770. The highest BCUT2D eigenvalue weighted by atomic mass is 16.7. The topological polar surface area (TPSA) is 99.6 Å². The summed E-state index contributed by atoms with van der Waals surface area (Å²) in [5.74, 6) is 1.23. The van der Waals surface area contributed by atoms with E-state index in [2.05, 4.69) is 50.4 Å². The Labute approximate surface area is 199 Å². The lowest BCUT2D eigenvalue weighted by molar-refractivity contribution is -0.199. The molecule has 6 atom stereocenters. The van der Waals surface area contributed by atoms with Crippen LogP contribution in [0.25, 0.3) is 0 Å². The molecule has 5 rings (SSSR count). The Hall–Kier alpha value is -1.41. The highest BCUT2D eigenvalue weighted by Gasteiger charge is 2.68. The third kappa shape index (κ3) is 5.02. The molecule has 7 heteroatoms. The Morgan fingerprint density at radius 1 is 1.18 bits per heavy atom. The van der Waals surface area contributed by atoms with Gasteiger partial charge in [-0.3, -0.25) is 4.79 Å². The summed E-state index contributed by atoms with van der Waals surface area (Å²) in [7, 11) is -0.298. The third-order valence-corrected chi connectivity index (χ3v) is 8.84. The number of carbonyl (C=O) groups is 1. The van der Waals surface area contributed by atoms with Crippen LogP contribution in [0.3, 0.4) is 0 Å². The van der Waals surface area contributed by atoms with Crippen LogP contribution < -0.4 is 16.8 Å². The van der Waals surface area contributed by atoms with Crippen molar-refractivity contribution in [3.05, 3.63) is 35.9 Å². The van der Waals surface area contributed by atoms with Crippen LogP contribution in [0.15, 0.2) is 30.3 Å². The first kappa shape index (κ1) is 24.7. The largest absolute Gasteiger partial charge is 0.462 e. The number of nitrogens with one attached hydrogen (secondary N) is 1. The van der Waals surface area contributed by atoms with E-state index >= 15 is 0 Å². The van der Waals surface area contributed by atoms with Crippen LogP contribution >= 0.6 is 0 Å². The second-order valence-electron chi connectivity index (χ2n) is 11.3. The van der Waals surface area contributed by atoms with Gasteiger partial charge >= 0.3 is 7.12 Å². The molecule has 4 fully saturated rings. The number of carbonyl (C=O) groups excluding carboxylic acids is 1. The van der Waals surface area contributed by atoms with Gasteiger partial charge in [0.15, 0.2) is 0 Å². The summed E-state index contributed by atoms with van der Waals surface area (Å²) in [6, 6.07) is 9.98. The minimum Gasteiger partial charge on any atom is -0.405 e. The summed E-state index contributed by atoms with van der Waals surface area (Å²) in [5.41, 5.74) is 13.0. The predicted molar refractivity (Wildman–Crippen MR) is 133 cm³/mol. The van der Waals surface area contributed by atoms with Gasteiger partial charge in [-0.2, -0.15) is 0 Å². The van der Waals surface area contributed by atoms with E-state index in [1.54, 1.807) is 0 Å². The van der Waals surface area contributed by atoms with Gasteiger partial charge in [-0.05, 0) is 74.8 Å². The van der Waals surface area contributed by atoms with Crippen molar-refractivity contribution >= 4 is 13.0 Å². The summed E-state index contributed by atoms with van der Waals surface area (Å²) in [6.45, 7) is 8.15. The predicted octanol–water partition coefficient (Wildman–Crippen LogP) is 3.29. The highest BCUT2D eigenvalue weighted by Crippen LogP contribution is 2.66. The molecule has 2 bridgehead atoms. The van der Waals surface area contributed by atoms with Crippen molar-refractivity contribution in [2.45, 2.75) is 89.3 Å². The molecule has 1 amide bonds. The molecule has 3 aliphatic carbocycles. The normalized spacial score (nSPS) is 31.4. The molecule has 6 nitrogen and oxygen atoms in total. The summed E-state index contributed by atoms with van der Waals surface area (Å²) in [5, 5.41) is 3.10. The second kappa shape index (κ2) is 10.1. The van der Waals surface area contributed by atoms with E-state index in [0.29, 0.717) is 30.8 Å². The molecule has 5 N–H and O–H groups in total. The SMILES string of the molecule is CC1(C)C2CC3OB([C@H](CCc4ccccc4)CNC(=O)[C@H](N)CCCCN)O[C@]3(C)C1C2. The summed E-state index contributed by atoms with van der Waals surface area (Å²) < 4.78 is 13.3. The summed E-state index contributed by atoms with van der Waals surface area (Å²) in [4.78, 5) is 12.6. The van der Waals surface area contributed by atoms with Gasteiger partial charge in [-0.15, -0.1) is 0 Å². The van der Waals surface area contributed by atoms with Gasteiger partial charge < -0.3 is 26.1 Å². The lowest BCUT2D eigenvalue weighted by Gasteiger charge is -2.64. The Morgan fingerprint density at radius 3 is 2.64 bits per heavy atom. The maximum absolute atomic E-state index is 12.6. The second-order valence-corrected chi connectivity index (χ2v) is 11.3. The molecule has 0 aromatic heterocycles. The molecule has 0 spiro atoms. The molecule has 0 radical (unpaired) electrons. The van der Waals surface area contributed by atoms with Crippen molar-refractivity contribution in [3.8, 4) is 0 Å². The van der Waals surface area contributed by atoms with Gasteiger partial charge in [0.2, 0.25) is 5.91 Å². The molecule has 1 saturated heterocycles. The first-order chi connectivity index (χ1) is 15.8. The standard InChI is InChI=1S/C26H42BN3O3/c1-25(2)19-15-22(25)26(3)23(16-19)32-27(33-26)20(13-12-18-9-5-4-6-10-18)17-30-24(31)21(29)11-7-8-14-28/h4-6,9-10,19-23H,7-8,11-17,28-29H2,1-3H3,(H,30,31)/t19?,20-,21-,22?,23?,26-/m1/s1. The number of amides is 1. The fourth-order valence-corrected chi connectivity index (χ4v) is 6.44. The lowest BCUT2D eigenvalue weighted by atomic mass is 9.43. The van der Waals surface area contributed by atoms with E-state index in [1.165, 1.54) is 12.0 Å². The zero-order valence-corrected chi connectivity index (χ0v) is 20.6. The quantitative estimate of drug-likeness (QED) is 0.351. The summed E-state index contributed by atoms with van der Waals surface area (Å²) in [6.07, 6.45) is 6.68. The summed E-state index contributed by atoms with van der Waals surface area (Å²) >= 11 is 0. The maximum Gasteiger partial charge on any atom is 0.462 e. The van der Waals surface area contributed by atoms with Crippen molar-refractivity contribution in [2.24, 2.45) is 28.7 Å². The zero-order chi connectivity index (χ0) is 23.6. The van der Waals surface area contributed by atoms with Crippen molar-refractivity contribution in [1.82, 2.24) is 5.32 Å². The third-order valence-electron chi connectivity index (χ3n) is 8.84. The average Bonchev–Trinajstić information content (AvgIpc) is 3.16. The lowest BCUT2D eigenvalue weighted by Crippen LogP contribution is -2.65. The van der Waals surface area contributed by atoms with Crippen LogP contribution in [0.2, 0.25) is 5.82 Å². The molecule has 1 aromatic rings. The molecular weight excluding hydrogens is 413 g/mol. The number of hydrogen-bond donors (Lipinski definition) is 3. The van der Waals surface area contributed by atoms with E-state index in [0.717, 1.165) is 38.0 Å². The van der Waals surface area contributed by atoms with Crippen molar-refractivity contribution in [1.29, 1.82) is 0 Å². The van der Waals surface area contributed by atoms with Gasteiger partial charge in [-0.1, -0.05) is 50.6 Å². The van der Waals surface area contributed by atoms with E-state index < -0.39 is 6.04 Å². The number of benzene rings is 1.